The van der Waals surface area contributed by atoms with Crippen LogP contribution in [-0.2, 0) is 9.47 Å². The number of rotatable bonds is 3. The monoisotopic (exact) mass is 287 g/mol. The Morgan fingerprint density at radius 2 is 1.95 bits per heavy atom. The number of hydrogen-bond acceptors (Lipinski definition) is 5. The van der Waals surface area contributed by atoms with Crippen LogP contribution >= 0.6 is 0 Å². The van der Waals surface area contributed by atoms with Crippen LogP contribution in [0.25, 0.3) is 0 Å². The van der Waals surface area contributed by atoms with Crippen LogP contribution in [0.2, 0.25) is 0 Å². The van der Waals surface area contributed by atoms with Gasteiger partial charge in [0.25, 0.3) is 5.91 Å². The lowest BCUT2D eigenvalue weighted by Crippen LogP contribution is -2.36. The van der Waals surface area contributed by atoms with Crippen LogP contribution in [-0.4, -0.2) is 44.7 Å². The zero-order chi connectivity index (χ0) is 14.5. The molecule has 3 rings (SSSR count). The van der Waals surface area contributed by atoms with E-state index in [2.05, 4.69) is 15.4 Å². The summed E-state index contributed by atoms with van der Waals surface area (Å²) < 4.78 is 10.5. The van der Waals surface area contributed by atoms with E-state index in [1.54, 1.807) is 18.2 Å². The SMILES string of the molecule is O=C(N/N=C1\C=CCO1)c1ccc(N2CCOCC2)cc1. The Bertz CT molecular complexity index is 560. The average Bonchev–Trinajstić information content (AvgIpc) is 3.07. The van der Waals surface area contributed by atoms with Gasteiger partial charge < -0.3 is 14.4 Å². The molecule has 1 aromatic rings. The van der Waals surface area contributed by atoms with Gasteiger partial charge in [0, 0.05) is 30.4 Å². The molecule has 6 heteroatoms. The van der Waals surface area contributed by atoms with Gasteiger partial charge in [-0.3, -0.25) is 4.79 Å². The van der Waals surface area contributed by atoms with Gasteiger partial charge in [-0.2, -0.15) is 0 Å². The molecular weight excluding hydrogens is 270 g/mol. The number of carbonyl (C=O) groups excluding carboxylic acids is 1. The van der Waals surface area contributed by atoms with Crippen LogP contribution in [0.3, 0.4) is 0 Å². The molecule has 2 heterocycles. The molecule has 0 unspecified atom stereocenters. The summed E-state index contributed by atoms with van der Waals surface area (Å²) in [4.78, 5) is 14.2. The molecule has 1 aromatic carbocycles. The maximum absolute atomic E-state index is 12.0. The highest BCUT2D eigenvalue weighted by molar-refractivity contribution is 5.96. The summed E-state index contributed by atoms with van der Waals surface area (Å²) in [5.74, 6) is 0.174. The first-order chi connectivity index (χ1) is 10.3. The number of anilines is 1. The molecule has 1 amide bonds. The number of nitrogens with one attached hydrogen (secondary N) is 1. The van der Waals surface area contributed by atoms with E-state index in [9.17, 15) is 4.79 Å². The van der Waals surface area contributed by atoms with Crippen molar-refractivity contribution in [2.45, 2.75) is 0 Å². The van der Waals surface area contributed by atoms with Crippen LogP contribution in [0.5, 0.6) is 0 Å². The van der Waals surface area contributed by atoms with Crippen molar-refractivity contribution < 1.29 is 14.3 Å². The number of amides is 1. The van der Waals surface area contributed by atoms with Gasteiger partial charge in [0.1, 0.15) is 6.61 Å². The molecule has 1 N–H and O–H groups in total. The van der Waals surface area contributed by atoms with Crippen LogP contribution in [0.1, 0.15) is 10.4 Å². The maximum Gasteiger partial charge on any atom is 0.271 e. The number of benzene rings is 1. The maximum atomic E-state index is 12.0. The highest BCUT2D eigenvalue weighted by Crippen LogP contribution is 2.16. The summed E-state index contributed by atoms with van der Waals surface area (Å²) in [6, 6.07) is 7.48. The van der Waals surface area contributed by atoms with E-state index < -0.39 is 0 Å². The van der Waals surface area contributed by atoms with Crippen LogP contribution < -0.4 is 10.3 Å². The van der Waals surface area contributed by atoms with Crippen molar-refractivity contribution in [2.75, 3.05) is 37.8 Å². The Kier molecular flexibility index (Phi) is 4.16. The molecule has 0 spiro atoms. The van der Waals surface area contributed by atoms with Crippen molar-refractivity contribution in [3.8, 4) is 0 Å². The molecule has 2 aliphatic rings. The predicted octanol–water partition coefficient (Wildman–Crippen LogP) is 1.15. The fourth-order valence-corrected chi connectivity index (χ4v) is 2.22. The number of hydrazone groups is 1. The fourth-order valence-electron chi connectivity index (χ4n) is 2.22. The zero-order valence-corrected chi connectivity index (χ0v) is 11.6. The Hall–Kier alpha value is -2.34. The fraction of sp³-hybridized carbons (Fsp3) is 0.333. The minimum atomic E-state index is -0.250. The van der Waals surface area contributed by atoms with Crippen molar-refractivity contribution in [2.24, 2.45) is 5.10 Å². The van der Waals surface area contributed by atoms with Gasteiger partial charge >= 0.3 is 0 Å². The topological polar surface area (TPSA) is 63.2 Å². The molecule has 0 aromatic heterocycles. The smallest absolute Gasteiger partial charge is 0.271 e. The van der Waals surface area contributed by atoms with Crippen molar-refractivity contribution in [1.82, 2.24) is 5.43 Å². The van der Waals surface area contributed by atoms with Gasteiger partial charge in [0.2, 0.25) is 5.90 Å². The Morgan fingerprint density at radius 3 is 2.62 bits per heavy atom. The highest BCUT2D eigenvalue weighted by atomic mass is 16.5. The third kappa shape index (κ3) is 3.41. The number of ether oxygens (including phenoxy) is 2. The molecule has 2 aliphatic heterocycles. The normalized spacial score (nSPS) is 19.6. The summed E-state index contributed by atoms with van der Waals surface area (Å²) in [5.41, 5.74) is 4.15. The van der Waals surface area contributed by atoms with E-state index in [1.807, 2.05) is 18.2 Å². The largest absolute Gasteiger partial charge is 0.472 e. The second-order valence-electron chi connectivity index (χ2n) is 4.75. The standard InChI is InChI=1S/C15H17N3O3/c19-15(17-16-14-2-1-9-21-14)12-3-5-13(6-4-12)18-7-10-20-11-8-18/h1-6H,7-11H2,(H,17,19)/b16-14+. The van der Waals surface area contributed by atoms with E-state index in [0.29, 0.717) is 18.1 Å². The Labute approximate surface area is 123 Å². The first-order valence-electron chi connectivity index (χ1n) is 6.93. The molecular formula is C15H17N3O3. The molecule has 21 heavy (non-hydrogen) atoms. The first kappa shape index (κ1) is 13.6. The van der Waals surface area contributed by atoms with Crippen LogP contribution in [0, 0.1) is 0 Å². The molecule has 110 valence electrons. The van der Waals surface area contributed by atoms with Crippen molar-refractivity contribution in [3.63, 3.8) is 0 Å². The van der Waals surface area contributed by atoms with Gasteiger partial charge in [-0.15, -0.1) is 5.10 Å². The summed E-state index contributed by atoms with van der Waals surface area (Å²) in [6.45, 7) is 3.75. The highest BCUT2D eigenvalue weighted by Gasteiger charge is 2.12. The van der Waals surface area contributed by atoms with Gasteiger partial charge in [0.05, 0.1) is 13.2 Å². The number of hydrogen-bond donors (Lipinski definition) is 1. The van der Waals surface area contributed by atoms with Crippen LogP contribution in [0.4, 0.5) is 5.69 Å². The number of carbonyl (C=O) groups is 1. The average molecular weight is 287 g/mol. The van der Waals surface area contributed by atoms with Gasteiger partial charge in [-0.1, -0.05) is 0 Å². The molecule has 0 radical (unpaired) electrons. The van der Waals surface area contributed by atoms with Crippen LogP contribution in [0.15, 0.2) is 41.5 Å². The summed E-state index contributed by atoms with van der Waals surface area (Å²) >= 11 is 0. The zero-order valence-electron chi connectivity index (χ0n) is 11.6. The Morgan fingerprint density at radius 1 is 1.19 bits per heavy atom. The minimum Gasteiger partial charge on any atom is -0.472 e. The summed E-state index contributed by atoms with van der Waals surface area (Å²) in [6.07, 6.45) is 3.56. The molecule has 6 nitrogen and oxygen atoms in total. The molecule has 0 atom stereocenters. The van der Waals surface area contributed by atoms with Gasteiger partial charge in [-0.05, 0) is 30.3 Å². The number of nitrogens with zero attached hydrogens (tertiary/aromatic N) is 2. The lowest BCUT2D eigenvalue weighted by atomic mass is 10.2. The number of morpholine rings is 1. The van der Waals surface area contributed by atoms with Crippen molar-refractivity contribution in [3.05, 3.63) is 42.0 Å². The molecule has 1 fully saturated rings. The quantitative estimate of drug-likeness (QED) is 0.847. The van der Waals surface area contributed by atoms with Gasteiger partial charge in [0.15, 0.2) is 0 Å². The lowest BCUT2D eigenvalue weighted by Gasteiger charge is -2.28. The van der Waals surface area contributed by atoms with E-state index in [4.69, 9.17) is 9.47 Å². The molecule has 0 bridgehead atoms. The Balaban J connectivity index is 1.61. The van der Waals surface area contributed by atoms with Crippen molar-refractivity contribution in [1.29, 1.82) is 0 Å². The predicted molar refractivity (Wildman–Crippen MR) is 79.5 cm³/mol. The molecule has 1 saturated heterocycles. The second-order valence-corrected chi connectivity index (χ2v) is 4.75. The first-order valence-corrected chi connectivity index (χ1v) is 6.93. The van der Waals surface area contributed by atoms with Crippen molar-refractivity contribution >= 4 is 17.5 Å². The van der Waals surface area contributed by atoms with E-state index in [-0.39, 0.29) is 5.91 Å². The van der Waals surface area contributed by atoms with Gasteiger partial charge in [-0.25, -0.2) is 5.43 Å². The summed E-state index contributed by atoms with van der Waals surface area (Å²) in [5, 5.41) is 3.89. The third-order valence-corrected chi connectivity index (χ3v) is 3.36. The van der Waals surface area contributed by atoms with E-state index >= 15 is 0 Å². The minimum absolute atomic E-state index is 0.250. The molecule has 0 saturated carbocycles. The molecule has 0 aliphatic carbocycles. The van der Waals surface area contributed by atoms with E-state index in [1.165, 1.54) is 0 Å². The van der Waals surface area contributed by atoms with E-state index in [0.717, 1.165) is 32.0 Å². The second kappa shape index (κ2) is 6.41. The summed E-state index contributed by atoms with van der Waals surface area (Å²) in [7, 11) is 0. The lowest BCUT2D eigenvalue weighted by molar-refractivity contribution is 0.0953. The third-order valence-electron chi connectivity index (χ3n) is 3.36.